The summed E-state index contributed by atoms with van der Waals surface area (Å²) in [5.41, 5.74) is 5.09. The number of rotatable bonds is 2. The monoisotopic (exact) mass is 366 g/mol. The highest BCUT2D eigenvalue weighted by atomic mass is 35.5. The van der Waals surface area contributed by atoms with Gasteiger partial charge in [0.15, 0.2) is 0 Å². The third-order valence-electron chi connectivity index (χ3n) is 4.81. The van der Waals surface area contributed by atoms with E-state index in [4.69, 9.17) is 11.6 Å². The van der Waals surface area contributed by atoms with Gasteiger partial charge in [0.2, 0.25) is 5.28 Å². The maximum atomic E-state index is 6.31. The van der Waals surface area contributed by atoms with Gasteiger partial charge in [-0.15, -0.1) is 0 Å². The van der Waals surface area contributed by atoms with Crippen LogP contribution in [0.3, 0.4) is 0 Å². The first-order valence-corrected chi connectivity index (χ1v) is 9.18. The van der Waals surface area contributed by atoms with Gasteiger partial charge < -0.3 is 0 Å². The molecule has 4 aromatic carbocycles. The van der Waals surface area contributed by atoms with Crippen LogP contribution in [0.4, 0.5) is 0 Å². The van der Waals surface area contributed by atoms with Gasteiger partial charge in [0, 0.05) is 16.3 Å². The smallest absolute Gasteiger partial charge is 0.217 e. The Balaban J connectivity index is 1.77. The fraction of sp³-hybridized carbons (Fsp3) is 0. The van der Waals surface area contributed by atoms with Crippen LogP contribution in [0.5, 0.6) is 0 Å². The van der Waals surface area contributed by atoms with Gasteiger partial charge in [0.1, 0.15) is 0 Å². The van der Waals surface area contributed by atoms with Gasteiger partial charge in [-0.25, -0.2) is 9.97 Å². The van der Waals surface area contributed by atoms with Gasteiger partial charge in [0.05, 0.1) is 11.2 Å². The first-order valence-electron chi connectivity index (χ1n) is 8.80. The summed E-state index contributed by atoms with van der Waals surface area (Å²) in [5.74, 6) is 0. The number of nitrogens with zero attached hydrogens (tertiary/aromatic N) is 2. The molecule has 5 aromatic rings. The van der Waals surface area contributed by atoms with Crippen molar-refractivity contribution in [2.24, 2.45) is 0 Å². The maximum absolute atomic E-state index is 6.31. The average molecular weight is 367 g/mol. The number of aromatic nitrogens is 2. The lowest BCUT2D eigenvalue weighted by atomic mass is 9.98. The fourth-order valence-electron chi connectivity index (χ4n) is 3.53. The molecular formula is C24H15ClN2. The summed E-state index contributed by atoms with van der Waals surface area (Å²) < 4.78 is 0. The van der Waals surface area contributed by atoms with E-state index in [1.807, 2.05) is 30.3 Å². The SMILES string of the molecule is Clc1nc(-c2cccc(-c3ccccc3)c2)c2ccc3ccccc3c2n1. The van der Waals surface area contributed by atoms with E-state index in [2.05, 4.69) is 70.6 Å². The van der Waals surface area contributed by atoms with Gasteiger partial charge in [-0.1, -0.05) is 78.9 Å². The zero-order valence-electron chi connectivity index (χ0n) is 14.4. The largest absolute Gasteiger partial charge is 0.223 e. The quantitative estimate of drug-likeness (QED) is 0.254. The van der Waals surface area contributed by atoms with Crippen LogP contribution in [0.15, 0.2) is 91.0 Å². The Morgan fingerprint density at radius 1 is 0.556 bits per heavy atom. The first-order chi connectivity index (χ1) is 13.3. The predicted octanol–water partition coefficient (Wildman–Crippen LogP) is 6.77. The predicted molar refractivity (Wildman–Crippen MR) is 113 cm³/mol. The molecule has 0 amide bonds. The summed E-state index contributed by atoms with van der Waals surface area (Å²) >= 11 is 6.31. The van der Waals surface area contributed by atoms with Crippen LogP contribution in [0, 0.1) is 0 Å². The van der Waals surface area contributed by atoms with Crippen molar-refractivity contribution in [1.82, 2.24) is 9.97 Å². The number of hydrogen-bond donors (Lipinski definition) is 0. The Kier molecular flexibility index (Phi) is 3.84. The molecule has 0 aliphatic rings. The highest BCUT2D eigenvalue weighted by Crippen LogP contribution is 2.33. The van der Waals surface area contributed by atoms with Crippen molar-refractivity contribution in [1.29, 1.82) is 0 Å². The molecule has 1 heterocycles. The second-order valence-electron chi connectivity index (χ2n) is 6.47. The lowest BCUT2D eigenvalue weighted by molar-refractivity contribution is 1.23. The highest BCUT2D eigenvalue weighted by Gasteiger charge is 2.12. The maximum Gasteiger partial charge on any atom is 0.223 e. The van der Waals surface area contributed by atoms with E-state index in [0.29, 0.717) is 0 Å². The first kappa shape index (κ1) is 16.0. The molecule has 3 heteroatoms. The van der Waals surface area contributed by atoms with Gasteiger partial charge in [-0.3, -0.25) is 0 Å². The summed E-state index contributed by atoms with van der Waals surface area (Å²) in [7, 11) is 0. The van der Waals surface area contributed by atoms with Crippen molar-refractivity contribution in [2.45, 2.75) is 0 Å². The minimum atomic E-state index is 0.263. The standard InChI is InChI=1S/C24H15ClN2/c25-24-26-22(19-11-6-10-18(15-19)16-7-2-1-3-8-16)21-14-13-17-9-4-5-12-20(17)23(21)27-24/h1-15H. The van der Waals surface area contributed by atoms with Crippen molar-refractivity contribution in [3.05, 3.63) is 96.3 Å². The van der Waals surface area contributed by atoms with Crippen molar-refractivity contribution < 1.29 is 0 Å². The normalized spacial score (nSPS) is 11.1. The van der Waals surface area contributed by atoms with E-state index >= 15 is 0 Å². The molecule has 1 aromatic heterocycles. The fourth-order valence-corrected chi connectivity index (χ4v) is 3.70. The van der Waals surface area contributed by atoms with Crippen molar-refractivity contribution in [3.8, 4) is 22.4 Å². The molecule has 0 radical (unpaired) electrons. The van der Waals surface area contributed by atoms with Crippen molar-refractivity contribution in [3.63, 3.8) is 0 Å². The van der Waals surface area contributed by atoms with Crippen LogP contribution >= 0.6 is 11.6 Å². The number of fused-ring (bicyclic) bond motifs is 3. The van der Waals surface area contributed by atoms with Crippen LogP contribution in [-0.4, -0.2) is 9.97 Å². The molecule has 0 atom stereocenters. The summed E-state index contributed by atoms with van der Waals surface area (Å²) in [6.45, 7) is 0. The minimum Gasteiger partial charge on any atom is -0.217 e. The molecule has 2 nitrogen and oxygen atoms in total. The van der Waals surface area contributed by atoms with Crippen molar-refractivity contribution in [2.75, 3.05) is 0 Å². The van der Waals surface area contributed by atoms with Gasteiger partial charge in [-0.2, -0.15) is 0 Å². The second-order valence-corrected chi connectivity index (χ2v) is 6.81. The van der Waals surface area contributed by atoms with Gasteiger partial charge >= 0.3 is 0 Å². The van der Waals surface area contributed by atoms with Gasteiger partial charge in [-0.05, 0) is 40.2 Å². The topological polar surface area (TPSA) is 25.8 Å². The van der Waals surface area contributed by atoms with Crippen LogP contribution in [-0.2, 0) is 0 Å². The Bertz CT molecular complexity index is 1280. The third-order valence-corrected chi connectivity index (χ3v) is 4.98. The molecule has 128 valence electrons. The van der Waals surface area contributed by atoms with E-state index in [0.717, 1.165) is 38.5 Å². The highest BCUT2D eigenvalue weighted by molar-refractivity contribution is 6.29. The van der Waals surface area contributed by atoms with Gasteiger partial charge in [0.25, 0.3) is 0 Å². The molecule has 0 fully saturated rings. The Hall–Kier alpha value is -3.23. The second kappa shape index (κ2) is 6.49. The van der Waals surface area contributed by atoms with E-state index in [9.17, 15) is 0 Å². The van der Waals surface area contributed by atoms with E-state index in [-0.39, 0.29) is 5.28 Å². The minimum absolute atomic E-state index is 0.263. The molecular weight excluding hydrogens is 352 g/mol. The summed E-state index contributed by atoms with van der Waals surface area (Å²) in [5, 5.41) is 3.49. The number of benzene rings is 4. The molecule has 0 N–H and O–H groups in total. The van der Waals surface area contributed by atoms with E-state index in [1.165, 1.54) is 5.56 Å². The molecule has 27 heavy (non-hydrogen) atoms. The van der Waals surface area contributed by atoms with Crippen LogP contribution in [0.2, 0.25) is 5.28 Å². The Morgan fingerprint density at radius 2 is 1.30 bits per heavy atom. The van der Waals surface area contributed by atoms with E-state index in [1.54, 1.807) is 0 Å². The molecule has 0 unspecified atom stereocenters. The summed E-state index contributed by atoms with van der Waals surface area (Å²) in [6.07, 6.45) is 0. The molecule has 5 rings (SSSR count). The lowest BCUT2D eigenvalue weighted by Crippen LogP contribution is -1.93. The molecule has 0 aliphatic carbocycles. The van der Waals surface area contributed by atoms with E-state index < -0.39 is 0 Å². The van der Waals surface area contributed by atoms with Crippen LogP contribution < -0.4 is 0 Å². The summed E-state index contributed by atoms with van der Waals surface area (Å²) in [6, 6.07) is 31.1. The molecule has 0 saturated carbocycles. The Labute approximate surface area is 162 Å². The number of hydrogen-bond acceptors (Lipinski definition) is 2. The molecule has 0 aliphatic heterocycles. The van der Waals surface area contributed by atoms with Crippen LogP contribution in [0.1, 0.15) is 0 Å². The lowest BCUT2D eigenvalue weighted by Gasteiger charge is -2.10. The molecule has 0 bridgehead atoms. The molecule has 0 spiro atoms. The average Bonchev–Trinajstić information content (AvgIpc) is 2.74. The Morgan fingerprint density at radius 3 is 2.19 bits per heavy atom. The summed E-state index contributed by atoms with van der Waals surface area (Å²) in [4.78, 5) is 9.09. The number of halogens is 1. The van der Waals surface area contributed by atoms with Crippen molar-refractivity contribution >= 4 is 33.3 Å². The zero-order chi connectivity index (χ0) is 18.2. The molecule has 0 saturated heterocycles. The third kappa shape index (κ3) is 2.84. The van der Waals surface area contributed by atoms with Crippen LogP contribution in [0.25, 0.3) is 44.1 Å². The zero-order valence-corrected chi connectivity index (χ0v) is 15.2.